The van der Waals surface area contributed by atoms with Gasteiger partial charge in [-0.05, 0) is 24.1 Å². The highest BCUT2D eigenvalue weighted by atomic mass is 16.6. The molecule has 12 nitrogen and oxygen atoms in total. The smallest absolute Gasteiger partial charge is 0.410 e. The summed E-state index contributed by atoms with van der Waals surface area (Å²) in [6, 6.07) is 17.2. The average Bonchev–Trinajstić information content (AvgIpc) is 3.40. The number of pyridine rings is 1. The number of aromatic nitrogens is 3. The van der Waals surface area contributed by atoms with Crippen molar-refractivity contribution >= 4 is 40.4 Å². The van der Waals surface area contributed by atoms with Crippen LogP contribution in [0.1, 0.15) is 22.3 Å². The van der Waals surface area contributed by atoms with Crippen LogP contribution in [-0.4, -0.2) is 61.6 Å². The lowest BCUT2D eigenvalue weighted by Gasteiger charge is -2.23. The maximum absolute atomic E-state index is 13.5. The van der Waals surface area contributed by atoms with Gasteiger partial charge in [-0.15, -0.1) is 0 Å². The van der Waals surface area contributed by atoms with Crippen molar-refractivity contribution in [3.63, 3.8) is 0 Å². The zero-order chi connectivity index (χ0) is 27.2. The molecule has 0 spiro atoms. The molecule has 1 aliphatic rings. The molecule has 4 N–H and O–H groups in total. The minimum atomic E-state index is -0.843. The molecule has 2 aromatic heterocycles. The van der Waals surface area contributed by atoms with Crippen LogP contribution in [0.25, 0.3) is 10.9 Å². The van der Waals surface area contributed by atoms with Gasteiger partial charge in [-0.1, -0.05) is 48.5 Å². The molecule has 0 bridgehead atoms. The Kier molecular flexibility index (Phi) is 7.55. The number of fused-ring (bicyclic) bond motifs is 1. The molecule has 5 rings (SSSR count). The molecule has 0 aliphatic carbocycles. The van der Waals surface area contributed by atoms with E-state index < -0.39 is 18.0 Å². The SMILES string of the molecule is O=C(NO)c1cnc(NC2CC(C(=O)Nc3cccc4cccnc34)N(C(=O)OCc3ccccc3)C2)nc1. The third kappa shape index (κ3) is 5.91. The Hall–Kier alpha value is -5.10. The molecule has 0 saturated carbocycles. The Labute approximate surface area is 223 Å². The zero-order valence-corrected chi connectivity index (χ0v) is 20.7. The van der Waals surface area contributed by atoms with Gasteiger partial charge in [-0.25, -0.2) is 20.2 Å². The van der Waals surface area contributed by atoms with Crippen LogP contribution in [0.5, 0.6) is 0 Å². The number of ether oxygens (including phenoxy) is 1. The van der Waals surface area contributed by atoms with Crippen molar-refractivity contribution in [2.24, 2.45) is 0 Å². The third-order valence-corrected chi connectivity index (χ3v) is 6.28. The lowest BCUT2D eigenvalue weighted by atomic mass is 10.1. The van der Waals surface area contributed by atoms with Gasteiger partial charge in [0, 0.05) is 36.6 Å². The summed E-state index contributed by atoms with van der Waals surface area (Å²) in [5, 5.41) is 15.7. The summed E-state index contributed by atoms with van der Waals surface area (Å²) < 4.78 is 5.53. The monoisotopic (exact) mass is 527 g/mol. The number of rotatable bonds is 7. The first-order chi connectivity index (χ1) is 19.0. The number of benzene rings is 2. The van der Waals surface area contributed by atoms with Crippen LogP contribution in [0.4, 0.5) is 16.4 Å². The van der Waals surface area contributed by atoms with Gasteiger partial charge in [0.25, 0.3) is 5.91 Å². The van der Waals surface area contributed by atoms with E-state index in [1.165, 1.54) is 22.8 Å². The highest BCUT2D eigenvalue weighted by molar-refractivity contribution is 6.03. The zero-order valence-electron chi connectivity index (χ0n) is 20.7. The Morgan fingerprint density at radius 1 is 0.974 bits per heavy atom. The Balaban J connectivity index is 1.33. The molecule has 4 aromatic rings. The summed E-state index contributed by atoms with van der Waals surface area (Å²) in [6.07, 6.45) is 3.78. The fourth-order valence-electron chi connectivity index (χ4n) is 4.38. The lowest BCUT2D eigenvalue weighted by Crippen LogP contribution is -2.43. The van der Waals surface area contributed by atoms with E-state index in [-0.39, 0.29) is 43.0 Å². The number of hydrogen-bond acceptors (Lipinski definition) is 9. The van der Waals surface area contributed by atoms with Gasteiger partial charge in [0.1, 0.15) is 12.6 Å². The Morgan fingerprint density at radius 2 is 1.74 bits per heavy atom. The summed E-state index contributed by atoms with van der Waals surface area (Å²) in [4.78, 5) is 52.1. The molecule has 1 fully saturated rings. The van der Waals surface area contributed by atoms with Crippen LogP contribution >= 0.6 is 0 Å². The largest absolute Gasteiger partial charge is 0.445 e. The molecule has 2 atom stereocenters. The highest BCUT2D eigenvalue weighted by Crippen LogP contribution is 2.26. The molecule has 12 heteroatoms. The minimum Gasteiger partial charge on any atom is -0.445 e. The third-order valence-electron chi connectivity index (χ3n) is 6.28. The van der Waals surface area contributed by atoms with Gasteiger partial charge in [-0.2, -0.15) is 0 Å². The molecule has 2 aromatic carbocycles. The van der Waals surface area contributed by atoms with Crippen molar-refractivity contribution < 1.29 is 24.3 Å². The van der Waals surface area contributed by atoms with Gasteiger partial charge in [0.15, 0.2) is 0 Å². The molecular formula is C27H25N7O5. The van der Waals surface area contributed by atoms with E-state index in [4.69, 9.17) is 9.94 Å². The normalized spacial score (nSPS) is 16.5. The number of amides is 3. The summed E-state index contributed by atoms with van der Waals surface area (Å²) >= 11 is 0. The number of nitrogens with zero attached hydrogens (tertiary/aromatic N) is 4. The minimum absolute atomic E-state index is 0.0628. The first-order valence-electron chi connectivity index (χ1n) is 12.2. The number of carbonyl (C=O) groups is 3. The van der Waals surface area contributed by atoms with Crippen molar-refractivity contribution in [2.45, 2.75) is 25.1 Å². The number of anilines is 2. The standard InChI is InChI=1S/C27H25N7O5/c35-24(33-38)19-13-29-26(30-14-19)31-20-12-22(34(15-20)27(37)39-16-17-6-2-1-3-7-17)25(36)32-21-10-4-8-18-9-5-11-28-23(18)21/h1-11,13-14,20,22,38H,12,15-16H2,(H,32,36)(H,33,35)(H,29,30,31). The number of hydroxylamine groups is 1. The van der Waals surface area contributed by atoms with E-state index in [2.05, 4.69) is 25.6 Å². The van der Waals surface area contributed by atoms with E-state index in [1.807, 2.05) is 54.6 Å². The average molecular weight is 528 g/mol. The highest BCUT2D eigenvalue weighted by Gasteiger charge is 2.41. The Bertz CT molecular complexity index is 1480. The van der Waals surface area contributed by atoms with Crippen LogP contribution < -0.4 is 16.1 Å². The maximum Gasteiger partial charge on any atom is 0.410 e. The molecule has 3 heterocycles. The van der Waals surface area contributed by atoms with Crippen molar-refractivity contribution in [1.29, 1.82) is 0 Å². The number of likely N-dealkylation sites (tertiary alicyclic amines) is 1. The summed E-state index contributed by atoms with van der Waals surface area (Å²) in [5.74, 6) is -0.925. The van der Waals surface area contributed by atoms with Crippen molar-refractivity contribution in [3.05, 3.63) is 90.4 Å². The number of hydrogen-bond donors (Lipinski definition) is 4. The second kappa shape index (κ2) is 11.5. The first kappa shape index (κ1) is 25.5. The van der Waals surface area contributed by atoms with Crippen LogP contribution in [0.15, 0.2) is 79.3 Å². The van der Waals surface area contributed by atoms with E-state index >= 15 is 0 Å². The molecule has 198 valence electrons. The summed E-state index contributed by atoms with van der Waals surface area (Å²) in [6.45, 7) is 0.217. The molecule has 0 radical (unpaired) electrons. The number of nitrogens with one attached hydrogen (secondary N) is 3. The fourth-order valence-corrected chi connectivity index (χ4v) is 4.38. The van der Waals surface area contributed by atoms with Gasteiger partial charge >= 0.3 is 6.09 Å². The number of para-hydroxylation sites is 1. The van der Waals surface area contributed by atoms with Gasteiger partial charge in [0.2, 0.25) is 11.9 Å². The maximum atomic E-state index is 13.5. The van der Waals surface area contributed by atoms with E-state index in [1.54, 1.807) is 12.3 Å². The lowest BCUT2D eigenvalue weighted by molar-refractivity contribution is -0.120. The van der Waals surface area contributed by atoms with Crippen LogP contribution in [0.2, 0.25) is 0 Å². The molecule has 1 saturated heterocycles. The van der Waals surface area contributed by atoms with Crippen LogP contribution in [-0.2, 0) is 16.1 Å². The summed E-state index contributed by atoms with van der Waals surface area (Å²) in [7, 11) is 0. The van der Waals surface area contributed by atoms with Crippen LogP contribution in [0, 0.1) is 0 Å². The van der Waals surface area contributed by atoms with E-state index in [9.17, 15) is 14.4 Å². The van der Waals surface area contributed by atoms with Gasteiger partial charge in [-0.3, -0.25) is 24.7 Å². The summed E-state index contributed by atoms with van der Waals surface area (Å²) in [5.41, 5.74) is 3.59. The van der Waals surface area contributed by atoms with E-state index in [0.29, 0.717) is 11.2 Å². The molecule has 3 amide bonds. The number of carbonyl (C=O) groups excluding carboxylic acids is 3. The predicted octanol–water partition coefficient (Wildman–Crippen LogP) is 2.97. The van der Waals surface area contributed by atoms with Gasteiger partial charge in [0.05, 0.1) is 16.8 Å². The molecule has 1 aliphatic heterocycles. The van der Waals surface area contributed by atoms with Crippen molar-refractivity contribution in [3.8, 4) is 0 Å². The second-order valence-electron chi connectivity index (χ2n) is 8.89. The predicted molar refractivity (Wildman–Crippen MR) is 141 cm³/mol. The topological polar surface area (TPSA) is 159 Å². The molecule has 39 heavy (non-hydrogen) atoms. The van der Waals surface area contributed by atoms with Gasteiger partial charge < -0.3 is 15.4 Å². The Morgan fingerprint density at radius 3 is 2.51 bits per heavy atom. The molecule has 2 unspecified atom stereocenters. The fraction of sp³-hybridized carbons (Fsp3) is 0.185. The van der Waals surface area contributed by atoms with E-state index in [0.717, 1.165) is 10.9 Å². The van der Waals surface area contributed by atoms with Crippen molar-refractivity contribution in [2.75, 3.05) is 17.2 Å². The second-order valence-corrected chi connectivity index (χ2v) is 8.89. The quantitative estimate of drug-likeness (QED) is 0.209. The van der Waals surface area contributed by atoms with Crippen LogP contribution in [0.3, 0.4) is 0 Å². The molecular weight excluding hydrogens is 502 g/mol. The first-order valence-corrected chi connectivity index (χ1v) is 12.2. The van der Waals surface area contributed by atoms with Crippen molar-refractivity contribution in [1.82, 2.24) is 25.3 Å².